The van der Waals surface area contributed by atoms with Crippen LogP contribution < -0.4 is 0 Å². The molecule has 0 aromatic carbocycles. The van der Waals surface area contributed by atoms with Crippen molar-refractivity contribution in [2.75, 3.05) is 0 Å². The van der Waals surface area contributed by atoms with Crippen molar-refractivity contribution < 1.29 is 19.8 Å². The molecule has 0 rings (SSSR count). The zero-order valence-corrected chi connectivity index (χ0v) is 9.02. The van der Waals surface area contributed by atoms with E-state index in [2.05, 4.69) is 0 Å². The Kier molecular flexibility index (Phi) is 4.28. The van der Waals surface area contributed by atoms with E-state index in [4.69, 9.17) is 15.5 Å². The fourth-order valence-electron chi connectivity index (χ4n) is 1.74. The monoisotopic (exact) mass is 213 g/mol. The number of carboxylic acids is 2. The van der Waals surface area contributed by atoms with Gasteiger partial charge in [-0.1, -0.05) is 20.8 Å². The van der Waals surface area contributed by atoms with Crippen LogP contribution in [0.3, 0.4) is 0 Å². The van der Waals surface area contributed by atoms with Crippen LogP contribution in [0.2, 0.25) is 0 Å². The van der Waals surface area contributed by atoms with Crippen molar-refractivity contribution in [3.05, 3.63) is 0 Å². The third-order valence-electron chi connectivity index (χ3n) is 2.71. The summed E-state index contributed by atoms with van der Waals surface area (Å²) in [5.41, 5.74) is -1.85. The van der Waals surface area contributed by atoms with Crippen LogP contribution in [0, 0.1) is 28.6 Å². The van der Waals surface area contributed by atoms with Gasteiger partial charge in [-0.15, -0.1) is 0 Å². The van der Waals surface area contributed by atoms with Gasteiger partial charge < -0.3 is 10.2 Å². The predicted octanol–water partition coefficient (Wildman–Crippen LogP) is 1.35. The molecule has 5 nitrogen and oxygen atoms in total. The van der Waals surface area contributed by atoms with Gasteiger partial charge in [-0.2, -0.15) is 5.26 Å². The molecule has 0 radical (unpaired) electrons. The molecule has 2 N–H and O–H groups in total. The fourth-order valence-corrected chi connectivity index (χ4v) is 1.74. The minimum absolute atomic E-state index is 0.118. The second kappa shape index (κ2) is 4.78. The smallest absolute Gasteiger partial charge is 0.325 e. The van der Waals surface area contributed by atoms with E-state index in [1.54, 1.807) is 26.8 Å². The molecule has 84 valence electrons. The first kappa shape index (κ1) is 13.4. The second-order valence-corrected chi connectivity index (χ2v) is 3.74. The molecule has 2 unspecified atom stereocenters. The first-order chi connectivity index (χ1) is 6.84. The van der Waals surface area contributed by atoms with E-state index in [9.17, 15) is 9.59 Å². The number of carboxylic acid groups (broad SMARTS) is 2. The average molecular weight is 213 g/mol. The van der Waals surface area contributed by atoms with Gasteiger partial charge >= 0.3 is 11.9 Å². The third-order valence-corrected chi connectivity index (χ3v) is 2.71. The molecule has 0 fully saturated rings. The van der Waals surface area contributed by atoms with E-state index in [0.29, 0.717) is 0 Å². The quantitative estimate of drug-likeness (QED) is 0.718. The highest BCUT2D eigenvalue weighted by Crippen LogP contribution is 2.38. The molecule has 0 aliphatic carbocycles. The SMILES string of the molecule is CCC(C(=O)O)C(C#N)(C(=O)O)C(C)C. The lowest BCUT2D eigenvalue weighted by atomic mass is 9.67. The van der Waals surface area contributed by atoms with Crippen molar-refractivity contribution in [1.29, 1.82) is 5.26 Å². The van der Waals surface area contributed by atoms with Gasteiger partial charge in [0, 0.05) is 0 Å². The highest BCUT2D eigenvalue weighted by atomic mass is 16.4. The molecular weight excluding hydrogens is 198 g/mol. The summed E-state index contributed by atoms with van der Waals surface area (Å²) in [5.74, 6) is -4.34. The average Bonchev–Trinajstić information content (AvgIpc) is 2.11. The Labute approximate surface area is 88.3 Å². The van der Waals surface area contributed by atoms with E-state index < -0.39 is 29.2 Å². The van der Waals surface area contributed by atoms with Crippen LogP contribution in [0.1, 0.15) is 27.2 Å². The maximum absolute atomic E-state index is 11.1. The second-order valence-electron chi connectivity index (χ2n) is 3.74. The lowest BCUT2D eigenvalue weighted by molar-refractivity contribution is -0.161. The molecule has 0 aliphatic heterocycles. The van der Waals surface area contributed by atoms with Crippen LogP contribution in [0.15, 0.2) is 0 Å². The van der Waals surface area contributed by atoms with Crippen LogP contribution in [-0.2, 0) is 9.59 Å². The van der Waals surface area contributed by atoms with E-state index in [1.807, 2.05) is 0 Å². The summed E-state index contributed by atoms with van der Waals surface area (Å²) in [6.45, 7) is 4.65. The van der Waals surface area contributed by atoms with Crippen LogP contribution in [0.25, 0.3) is 0 Å². The molecule has 5 heteroatoms. The molecule has 15 heavy (non-hydrogen) atoms. The van der Waals surface area contributed by atoms with Gasteiger partial charge in [-0.05, 0) is 12.3 Å². The molecule has 0 aromatic rings. The number of nitrogens with zero attached hydrogens (tertiary/aromatic N) is 1. The third kappa shape index (κ3) is 2.09. The van der Waals surface area contributed by atoms with Gasteiger partial charge in [-0.25, -0.2) is 0 Å². The van der Waals surface area contributed by atoms with E-state index in [0.717, 1.165) is 0 Å². The first-order valence-electron chi connectivity index (χ1n) is 4.72. The van der Waals surface area contributed by atoms with Crippen molar-refractivity contribution >= 4 is 11.9 Å². The summed E-state index contributed by atoms with van der Waals surface area (Å²) in [6.07, 6.45) is 0.118. The lowest BCUT2D eigenvalue weighted by Crippen LogP contribution is -2.45. The molecule has 0 amide bonds. The Morgan fingerprint density at radius 1 is 1.40 bits per heavy atom. The largest absolute Gasteiger partial charge is 0.481 e. The van der Waals surface area contributed by atoms with Crippen molar-refractivity contribution in [2.24, 2.45) is 17.3 Å². The molecular formula is C10H15NO4. The van der Waals surface area contributed by atoms with E-state index in [1.165, 1.54) is 0 Å². The van der Waals surface area contributed by atoms with Gasteiger partial charge in [0.15, 0.2) is 5.41 Å². The molecule has 0 saturated carbocycles. The number of aliphatic carboxylic acids is 2. The minimum Gasteiger partial charge on any atom is -0.481 e. The zero-order valence-electron chi connectivity index (χ0n) is 9.02. The number of hydrogen-bond donors (Lipinski definition) is 2. The molecule has 0 bridgehead atoms. The normalized spacial score (nSPS) is 16.5. The van der Waals surface area contributed by atoms with Crippen molar-refractivity contribution in [3.63, 3.8) is 0 Å². The summed E-state index contributed by atoms with van der Waals surface area (Å²) in [7, 11) is 0. The lowest BCUT2D eigenvalue weighted by Gasteiger charge is -2.31. The van der Waals surface area contributed by atoms with Gasteiger partial charge in [0.1, 0.15) is 0 Å². The minimum atomic E-state index is -1.85. The Morgan fingerprint density at radius 3 is 1.93 bits per heavy atom. The Bertz CT molecular complexity index is 305. The first-order valence-corrected chi connectivity index (χ1v) is 4.72. The highest BCUT2D eigenvalue weighted by Gasteiger charge is 2.51. The number of rotatable bonds is 5. The highest BCUT2D eigenvalue weighted by molar-refractivity contribution is 5.86. The number of nitriles is 1. The number of carbonyl (C=O) groups is 2. The number of hydrogen-bond acceptors (Lipinski definition) is 3. The zero-order chi connectivity index (χ0) is 12.2. The van der Waals surface area contributed by atoms with Gasteiger partial charge in [0.2, 0.25) is 0 Å². The summed E-state index contributed by atoms with van der Waals surface area (Å²) in [6, 6.07) is 1.67. The van der Waals surface area contributed by atoms with Crippen molar-refractivity contribution in [3.8, 4) is 6.07 Å². The van der Waals surface area contributed by atoms with Gasteiger partial charge in [-0.3, -0.25) is 9.59 Å². The maximum atomic E-state index is 11.1. The molecule has 0 spiro atoms. The maximum Gasteiger partial charge on any atom is 0.325 e. The Morgan fingerprint density at radius 2 is 1.87 bits per heavy atom. The summed E-state index contributed by atoms with van der Waals surface area (Å²) in [5, 5.41) is 27.0. The summed E-state index contributed by atoms with van der Waals surface area (Å²) in [4.78, 5) is 22.0. The summed E-state index contributed by atoms with van der Waals surface area (Å²) >= 11 is 0. The standard InChI is InChI=1S/C10H15NO4/c1-4-7(8(12)13)10(5-11,6(2)3)9(14)15/h6-7H,4H2,1-3H3,(H,12,13)(H,14,15). The van der Waals surface area contributed by atoms with E-state index >= 15 is 0 Å². The topological polar surface area (TPSA) is 98.4 Å². The fraction of sp³-hybridized carbons (Fsp3) is 0.700. The Hall–Kier alpha value is -1.57. The molecule has 0 aromatic heterocycles. The van der Waals surface area contributed by atoms with Crippen molar-refractivity contribution in [1.82, 2.24) is 0 Å². The molecule has 2 atom stereocenters. The van der Waals surface area contributed by atoms with Crippen molar-refractivity contribution in [2.45, 2.75) is 27.2 Å². The van der Waals surface area contributed by atoms with Crippen LogP contribution in [-0.4, -0.2) is 22.2 Å². The molecule has 0 aliphatic rings. The predicted molar refractivity (Wildman–Crippen MR) is 51.9 cm³/mol. The molecule has 0 heterocycles. The van der Waals surface area contributed by atoms with E-state index in [-0.39, 0.29) is 6.42 Å². The van der Waals surface area contributed by atoms with Gasteiger partial charge in [0.25, 0.3) is 0 Å². The Balaban J connectivity index is 5.54. The van der Waals surface area contributed by atoms with Crippen LogP contribution in [0.4, 0.5) is 0 Å². The summed E-state index contributed by atoms with van der Waals surface area (Å²) < 4.78 is 0. The van der Waals surface area contributed by atoms with Crippen LogP contribution in [0.5, 0.6) is 0 Å². The van der Waals surface area contributed by atoms with Gasteiger partial charge in [0.05, 0.1) is 12.0 Å². The van der Waals surface area contributed by atoms with Crippen LogP contribution >= 0.6 is 0 Å². The molecule has 0 saturated heterocycles.